The molecule has 1 fully saturated rings. The van der Waals surface area contributed by atoms with E-state index in [4.69, 9.17) is 4.74 Å². The van der Waals surface area contributed by atoms with Crippen LogP contribution >= 0.6 is 0 Å². The topological polar surface area (TPSA) is 67.4 Å². The van der Waals surface area contributed by atoms with Gasteiger partial charge in [0, 0.05) is 22.7 Å². The number of ether oxygens (including phenoxy) is 1. The minimum atomic E-state index is -0.210. The molecule has 3 unspecified atom stereocenters. The van der Waals surface area contributed by atoms with Crippen LogP contribution in [0.5, 0.6) is 5.75 Å². The van der Waals surface area contributed by atoms with Gasteiger partial charge in [0.15, 0.2) is 0 Å². The van der Waals surface area contributed by atoms with Gasteiger partial charge in [0.1, 0.15) is 5.75 Å². The summed E-state index contributed by atoms with van der Waals surface area (Å²) in [5.74, 6) is 1.12. The van der Waals surface area contributed by atoms with Gasteiger partial charge >= 0.3 is 0 Å². The molecule has 2 aromatic carbocycles. The lowest BCUT2D eigenvalue weighted by molar-refractivity contribution is -0.117. The lowest BCUT2D eigenvalue weighted by atomic mass is 10.0. The summed E-state index contributed by atoms with van der Waals surface area (Å²) in [4.78, 5) is 24.8. The number of hydrogen-bond donors (Lipinski definition) is 2. The molecule has 142 valence electrons. The molecule has 0 spiro atoms. The zero-order chi connectivity index (χ0) is 19.6. The van der Waals surface area contributed by atoms with Crippen molar-refractivity contribution in [2.75, 3.05) is 12.4 Å². The third-order valence-corrected chi connectivity index (χ3v) is 5.04. The Morgan fingerprint density at radius 3 is 2.59 bits per heavy atom. The third-order valence-electron chi connectivity index (χ3n) is 5.04. The van der Waals surface area contributed by atoms with Crippen molar-refractivity contribution in [1.29, 1.82) is 0 Å². The van der Waals surface area contributed by atoms with E-state index in [1.54, 1.807) is 31.4 Å². The summed E-state index contributed by atoms with van der Waals surface area (Å²) in [6.07, 6.45) is 0.932. The summed E-state index contributed by atoms with van der Waals surface area (Å²) in [5.41, 5.74) is 3.19. The fraction of sp³-hybridized carbons (Fsp3) is 0.364. The number of methoxy groups -OCH3 is 1. The van der Waals surface area contributed by atoms with Gasteiger partial charge in [-0.15, -0.1) is 0 Å². The number of aryl methyl sites for hydroxylation is 1. The minimum absolute atomic E-state index is 0.0259. The molecule has 27 heavy (non-hydrogen) atoms. The maximum absolute atomic E-state index is 12.7. The Balaban J connectivity index is 1.70. The van der Waals surface area contributed by atoms with Gasteiger partial charge in [-0.25, -0.2) is 0 Å². The van der Waals surface area contributed by atoms with Gasteiger partial charge in [-0.1, -0.05) is 30.7 Å². The van der Waals surface area contributed by atoms with E-state index >= 15 is 0 Å². The second-order valence-corrected chi connectivity index (χ2v) is 7.33. The molecule has 0 aromatic heterocycles. The van der Waals surface area contributed by atoms with Gasteiger partial charge in [0.25, 0.3) is 5.91 Å². The molecule has 0 radical (unpaired) electrons. The van der Waals surface area contributed by atoms with E-state index in [1.165, 1.54) is 0 Å². The molecule has 5 heteroatoms. The van der Waals surface area contributed by atoms with Crippen LogP contribution in [0.2, 0.25) is 0 Å². The molecule has 2 aromatic rings. The van der Waals surface area contributed by atoms with Crippen molar-refractivity contribution in [3.63, 3.8) is 0 Å². The van der Waals surface area contributed by atoms with E-state index in [-0.39, 0.29) is 23.8 Å². The summed E-state index contributed by atoms with van der Waals surface area (Å²) >= 11 is 0. The van der Waals surface area contributed by atoms with Gasteiger partial charge in [-0.3, -0.25) is 9.59 Å². The summed E-state index contributed by atoms with van der Waals surface area (Å²) in [6, 6.07) is 12.7. The Labute approximate surface area is 160 Å². The molecule has 5 nitrogen and oxygen atoms in total. The first-order valence-electron chi connectivity index (χ1n) is 9.25. The second-order valence-electron chi connectivity index (χ2n) is 7.33. The molecule has 1 saturated carbocycles. The largest absolute Gasteiger partial charge is 0.496 e. The first kappa shape index (κ1) is 19.0. The second kappa shape index (κ2) is 7.82. The van der Waals surface area contributed by atoms with E-state index in [0.29, 0.717) is 17.2 Å². The van der Waals surface area contributed by atoms with Gasteiger partial charge < -0.3 is 15.4 Å². The summed E-state index contributed by atoms with van der Waals surface area (Å²) in [7, 11) is 1.62. The first-order chi connectivity index (χ1) is 12.9. The van der Waals surface area contributed by atoms with Crippen molar-refractivity contribution in [2.45, 2.75) is 33.2 Å². The lowest BCUT2D eigenvalue weighted by Crippen LogP contribution is -2.27. The van der Waals surface area contributed by atoms with E-state index in [0.717, 1.165) is 23.3 Å². The number of benzene rings is 2. The molecule has 1 aliphatic rings. The maximum atomic E-state index is 12.7. The van der Waals surface area contributed by atoms with Crippen molar-refractivity contribution in [3.05, 3.63) is 59.2 Å². The number of rotatable bonds is 6. The molecule has 0 aliphatic heterocycles. The lowest BCUT2D eigenvalue weighted by Gasteiger charge is -2.18. The Morgan fingerprint density at radius 1 is 1.19 bits per heavy atom. The molecule has 0 heterocycles. The van der Waals surface area contributed by atoms with Crippen LogP contribution in [0.1, 0.15) is 47.8 Å². The molecule has 0 bridgehead atoms. The van der Waals surface area contributed by atoms with Crippen LogP contribution in [-0.2, 0) is 4.79 Å². The van der Waals surface area contributed by atoms with Crippen LogP contribution in [0.25, 0.3) is 0 Å². The molecule has 3 rings (SSSR count). The first-order valence-corrected chi connectivity index (χ1v) is 9.25. The normalized spacial score (nSPS) is 19.1. The molecular formula is C22H26N2O3. The highest BCUT2D eigenvalue weighted by atomic mass is 16.5. The van der Waals surface area contributed by atoms with Gasteiger partial charge in [0.2, 0.25) is 5.91 Å². The third kappa shape index (κ3) is 4.48. The minimum Gasteiger partial charge on any atom is -0.496 e. The summed E-state index contributed by atoms with van der Waals surface area (Å²) in [6.45, 7) is 5.99. The highest BCUT2D eigenvalue weighted by Gasteiger charge is 2.39. The number of hydrogen-bond acceptors (Lipinski definition) is 3. The number of amides is 2. The van der Waals surface area contributed by atoms with E-state index in [2.05, 4.69) is 17.6 Å². The quantitative estimate of drug-likeness (QED) is 0.809. The van der Waals surface area contributed by atoms with Crippen molar-refractivity contribution in [1.82, 2.24) is 5.32 Å². The maximum Gasteiger partial charge on any atom is 0.251 e. The predicted octanol–water partition coefficient (Wildman–Crippen LogP) is 4.09. The Morgan fingerprint density at radius 2 is 1.93 bits per heavy atom. The van der Waals surface area contributed by atoms with Crippen LogP contribution in [-0.4, -0.2) is 18.9 Å². The molecule has 2 N–H and O–H groups in total. The SMILES string of the molecule is COc1ccc(C)cc1C(C)NC(=O)c1cccc(NC(=O)C2CC2C)c1. The fourth-order valence-electron chi connectivity index (χ4n) is 3.21. The smallest absolute Gasteiger partial charge is 0.251 e. The highest BCUT2D eigenvalue weighted by molar-refractivity contribution is 5.98. The highest BCUT2D eigenvalue weighted by Crippen LogP contribution is 2.38. The number of carbonyl (C=O) groups is 2. The van der Waals surface area contributed by atoms with Crippen molar-refractivity contribution in [2.24, 2.45) is 11.8 Å². The van der Waals surface area contributed by atoms with Crippen LogP contribution in [0.3, 0.4) is 0 Å². The van der Waals surface area contributed by atoms with Gasteiger partial charge in [-0.05, 0) is 50.5 Å². The molecule has 0 saturated heterocycles. The monoisotopic (exact) mass is 366 g/mol. The van der Waals surface area contributed by atoms with Gasteiger partial charge in [0.05, 0.1) is 13.2 Å². The van der Waals surface area contributed by atoms with E-state index in [9.17, 15) is 9.59 Å². The Hall–Kier alpha value is -2.82. The molecule has 1 aliphatic carbocycles. The van der Waals surface area contributed by atoms with Crippen LogP contribution in [0, 0.1) is 18.8 Å². The van der Waals surface area contributed by atoms with Gasteiger partial charge in [-0.2, -0.15) is 0 Å². The predicted molar refractivity (Wildman–Crippen MR) is 106 cm³/mol. The number of carbonyl (C=O) groups excluding carboxylic acids is 2. The van der Waals surface area contributed by atoms with E-state index in [1.807, 2.05) is 32.0 Å². The zero-order valence-electron chi connectivity index (χ0n) is 16.2. The van der Waals surface area contributed by atoms with E-state index < -0.39 is 0 Å². The Bertz CT molecular complexity index is 862. The van der Waals surface area contributed by atoms with Crippen molar-refractivity contribution < 1.29 is 14.3 Å². The average Bonchev–Trinajstić information content (AvgIpc) is 3.38. The fourth-order valence-corrected chi connectivity index (χ4v) is 3.21. The van der Waals surface area contributed by atoms with Crippen molar-refractivity contribution in [3.8, 4) is 5.75 Å². The van der Waals surface area contributed by atoms with Crippen LogP contribution in [0.4, 0.5) is 5.69 Å². The molecule has 2 amide bonds. The molecular weight excluding hydrogens is 340 g/mol. The van der Waals surface area contributed by atoms with Crippen molar-refractivity contribution >= 4 is 17.5 Å². The zero-order valence-corrected chi connectivity index (χ0v) is 16.2. The van der Waals surface area contributed by atoms with Crippen LogP contribution < -0.4 is 15.4 Å². The molecule has 3 atom stereocenters. The average molecular weight is 366 g/mol. The standard InChI is InChI=1S/C22H26N2O3/c1-13-8-9-20(27-4)19(10-13)15(3)23-21(25)16-6-5-7-17(12-16)24-22(26)18-11-14(18)2/h5-10,12,14-15,18H,11H2,1-4H3,(H,23,25)(H,24,26). The van der Waals surface area contributed by atoms with Crippen LogP contribution in [0.15, 0.2) is 42.5 Å². The Kier molecular flexibility index (Phi) is 5.49. The summed E-state index contributed by atoms with van der Waals surface area (Å²) in [5, 5.41) is 5.91. The summed E-state index contributed by atoms with van der Waals surface area (Å²) < 4.78 is 5.41. The number of anilines is 1. The number of nitrogens with one attached hydrogen (secondary N) is 2.